The van der Waals surface area contributed by atoms with E-state index in [1.165, 1.54) is 4.90 Å². The van der Waals surface area contributed by atoms with Crippen LogP contribution in [0.1, 0.15) is 19.3 Å². The second-order valence-electron chi connectivity index (χ2n) is 4.84. The first-order valence-corrected chi connectivity index (χ1v) is 6.52. The Kier molecular flexibility index (Phi) is 4.54. The Labute approximate surface area is 106 Å². The average molecular weight is 256 g/mol. The largest absolute Gasteiger partial charge is 0.465 e. The number of Topliss-reactive ketones (excluding diaryl/α,β-unsaturated/α-hetero) is 1. The van der Waals surface area contributed by atoms with E-state index in [1.54, 1.807) is 0 Å². The molecular weight excluding hydrogens is 236 g/mol. The molecule has 0 spiro atoms. The van der Waals surface area contributed by atoms with Crippen molar-refractivity contribution in [3.63, 3.8) is 0 Å². The molecule has 2 aliphatic heterocycles. The fourth-order valence-corrected chi connectivity index (χ4v) is 2.62. The number of carbonyl (C=O) groups excluding carboxylic acids is 1. The lowest BCUT2D eigenvalue weighted by atomic mass is 9.90. The number of ether oxygens (including phenoxy) is 1. The molecule has 6 heteroatoms. The van der Waals surface area contributed by atoms with Crippen LogP contribution in [0.3, 0.4) is 0 Å². The van der Waals surface area contributed by atoms with E-state index in [4.69, 9.17) is 4.74 Å². The van der Waals surface area contributed by atoms with Crippen LogP contribution in [0.5, 0.6) is 0 Å². The van der Waals surface area contributed by atoms with Gasteiger partial charge in [0, 0.05) is 32.2 Å². The van der Waals surface area contributed by atoms with Crippen LogP contribution in [0.25, 0.3) is 0 Å². The molecule has 2 rings (SSSR count). The molecule has 0 bridgehead atoms. The number of carbonyl (C=O) groups is 2. The third kappa shape index (κ3) is 3.00. The number of hydrogen-bond acceptors (Lipinski definition) is 4. The lowest BCUT2D eigenvalue weighted by Crippen LogP contribution is -2.50. The van der Waals surface area contributed by atoms with E-state index in [1.807, 2.05) is 0 Å². The summed E-state index contributed by atoms with van der Waals surface area (Å²) in [6.45, 7) is 2.83. The summed E-state index contributed by atoms with van der Waals surface area (Å²) in [5.74, 6) is 0.000556. The Morgan fingerprint density at radius 1 is 1.28 bits per heavy atom. The summed E-state index contributed by atoms with van der Waals surface area (Å²) < 4.78 is 5.24. The Bertz CT molecular complexity index is 315. The molecule has 1 amide bonds. The zero-order chi connectivity index (χ0) is 13.0. The normalized spacial score (nSPS) is 26.7. The summed E-state index contributed by atoms with van der Waals surface area (Å²) in [5.41, 5.74) is 0. The summed E-state index contributed by atoms with van der Waals surface area (Å²) in [6.07, 6.45) is 1.18. The molecule has 0 aromatic heterocycles. The summed E-state index contributed by atoms with van der Waals surface area (Å²) in [4.78, 5) is 24.9. The first kappa shape index (κ1) is 13.3. The van der Waals surface area contributed by atoms with Gasteiger partial charge in [-0.25, -0.2) is 4.79 Å². The summed E-state index contributed by atoms with van der Waals surface area (Å²) in [5, 5.41) is 12.3. The smallest absolute Gasteiger partial charge is 0.407 e. The van der Waals surface area contributed by atoms with Crippen molar-refractivity contribution in [2.75, 3.05) is 32.8 Å². The van der Waals surface area contributed by atoms with Crippen molar-refractivity contribution in [2.24, 2.45) is 5.92 Å². The van der Waals surface area contributed by atoms with Gasteiger partial charge >= 0.3 is 6.09 Å². The second kappa shape index (κ2) is 6.15. The Morgan fingerprint density at radius 3 is 2.67 bits per heavy atom. The van der Waals surface area contributed by atoms with Crippen molar-refractivity contribution >= 4 is 11.9 Å². The number of amides is 1. The zero-order valence-electron chi connectivity index (χ0n) is 10.4. The van der Waals surface area contributed by atoms with Crippen molar-refractivity contribution in [1.82, 2.24) is 10.2 Å². The van der Waals surface area contributed by atoms with Gasteiger partial charge in [-0.05, 0) is 25.8 Å². The molecule has 102 valence electrons. The molecule has 1 unspecified atom stereocenters. The van der Waals surface area contributed by atoms with E-state index in [-0.39, 0.29) is 11.7 Å². The van der Waals surface area contributed by atoms with Crippen LogP contribution in [-0.4, -0.2) is 60.8 Å². The average Bonchev–Trinajstić information content (AvgIpc) is 2.64. The van der Waals surface area contributed by atoms with Gasteiger partial charge in [-0.1, -0.05) is 0 Å². The van der Waals surface area contributed by atoms with Crippen LogP contribution in [0.2, 0.25) is 0 Å². The first-order chi connectivity index (χ1) is 8.70. The van der Waals surface area contributed by atoms with Crippen LogP contribution < -0.4 is 5.32 Å². The zero-order valence-corrected chi connectivity index (χ0v) is 10.4. The van der Waals surface area contributed by atoms with Crippen molar-refractivity contribution < 1.29 is 19.4 Å². The van der Waals surface area contributed by atoms with Gasteiger partial charge in [-0.2, -0.15) is 0 Å². The van der Waals surface area contributed by atoms with Crippen LogP contribution in [0, 0.1) is 5.92 Å². The van der Waals surface area contributed by atoms with Crippen molar-refractivity contribution in [2.45, 2.75) is 25.3 Å². The number of nitrogens with one attached hydrogen (secondary N) is 1. The van der Waals surface area contributed by atoms with Crippen LogP contribution in [0.4, 0.5) is 4.79 Å². The molecule has 0 aliphatic carbocycles. The van der Waals surface area contributed by atoms with Crippen LogP contribution in [0.15, 0.2) is 0 Å². The predicted octanol–water partition coefficient (Wildman–Crippen LogP) is 0.324. The molecule has 2 fully saturated rings. The molecule has 0 radical (unpaired) electrons. The maximum absolute atomic E-state index is 12.4. The van der Waals surface area contributed by atoms with E-state index in [0.717, 1.165) is 13.0 Å². The third-order valence-electron chi connectivity index (χ3n) is 3.66. The third-order valence-corrected chi connectivity index (χ3v) is 3.66. The highest BCUT2D eigenvalue weighted by Gasteiger charge is 2.35. The SMILES string of the molecule is O=C(C1CCOCC1)C1CNCCCN1C(=O)O. The molecule has 2 saturated heterocycles. The van der Waals surface area contributed by atoms with Gasteiger partial charge in [-0.3, -0.25) is 9.69 Å². The molecule has 0 aromatic carbocycles. The van der Waals surface area contributed by atoms with Gasteiger partial charge < -0.3 is 15.2 Å². The van der Waals surface area contributed by atoms with Gasteiger partial charge in [0.15, 0.2) is 5.78 Å². The first-order valence-electron chi connectivity index (χ1n) is 6.52. The molecule has 1 atom stereocenters. The Morgan fingerprint density at radius 2 is 2.00 bits per heavy atom. The van der Waals surface area contributed by atoms with E-state index in [2.05, 4.69) is 5.32 Å². The summed E-state index contributed by atoms with van der Waals surface area (Å²) in [7, 11) is 0. The van der Waals surface area contributed by atoms with Gasteiger partial charge in [0.1, 0.15) is 6.04 Å². The van der Waals surface area contributed by atoms with Crippen molar-refractivity contribution in [3.05, 3.63) is 0 Å². The topological polar surface area (TPSA) is 78.9 Å². The summed E-state index contributed by atoms with van der Waals surface area (Å²) in [6, 6.07) is -0.534. The molecule has 2 N–H and O–H groups in total. The lowest BCUT2D eigenvalue weighted by Gasteiger charge is -2.30. The molecule has 2 heterocycles. The minimum absolute atomic E-state index is 0.0505. The predicted molar refractivity (Wildman–Crippen MR) is 64.6 cm³/mol. The molecule has 0 aromatic rings. The molecule has 6 nitrogen and oxygen atoms in total. The van der Waals surface area contributed by atoms with Gasteiger partial charge in [-0.15, -0.1) is 0 Å². The molecule has 2 aliphatic rings. The van der Waals surface area contributed by atoms with Gasteiger partial charge in [0.25, 0.3) is 0 Å². The van der Waals surface area contributed by atoms with Gasteiger partial charge in [0.05, 0.1) is 0 Å². The maximum atomic E-state index is 12.4. The highest BCUT2D eigenvalue weighted by Crippen LogP contribution is 2.20. The maximum Gasteiger partial charge on any atom is 0.407 e. The fourth-order valence-electron chi connectivity index (χ4n) is 2.62. The van der Waals surface area contributed by atoms with Crippen LogP contribution in [-0.2, 0) is 9.53 Å². The van der Waals surface area contributed by atoms with E-state index >= 15 is 0 Å². The Balaban J connectivity index is 2.06. The van der Waals surface area contributed by atoms with Crippen LogP contribution >= 0.6 is 0 Å². The Hall–Kier alpha value is -1.14. The fraction of sp³-hybridized carbons (Fsp3) is 0.833. The minimum atomic E-state index is -0.996. The molecule has 0 saturated carbocycles. The quantitative estimate of drug-likeness (QED) is 0.744. The number of ketones is 1. The minimum Gasteiger partial charge on any atom is -0.465 e. The van der Waals surface area contributed by atoms with Crippen molar-refractivity contribution in [1.29, 1.82) is 0 Å². The second-order valence-corrected chi connectivity index (χ2v) is 4.84. The molecule has 18 heavy (non-hydrogen) atoms. The van der Waals surface area contributed by atoms with Crippen molar-refractivity contribution in [3.8, 4) is 0 Å². The highest BCUT2D eigenvalue weighted by atomic mass is 16.5. The number of carboxylic acid groups (broad SMARTS) is 1. The summed E-state index contributed by atoms with van der Waals surface area (Å²) >= 11 is 0. The lowest BCUT2D eigenvalue weighted by molar-refractivity contribution is -0.130. The van der Waals surface area contributed by atoms with E-state index in [9.17, 15) is 14.7 Å². The van der Waals surface area contributed by atoms with Gasteiger partial charge in [0.2, 0.25) is 0 Å². The van der Waals surface area contributed by atoms with E-state index < -0.39 is 12.1 Å². The number of hydrogen-bond donors (Lipinski definition) is 2. The number of rotatable bonds is 2. The highest BCUT2D eigenvalue weighted by molar-refractivity contribution is 5.89. The number of nitrogens with zero attached hydrogens (tertiary/aromatic N) is 1. The standard InChI is InChI=1S/C12H20N2O4/c15-11(9-2-6-18-7-3-9)10-8-13-4-1-5-14(10)12(16)17/h9-10,13H,1-8H2,(H,16,17). The van der Waals surface area contributed by atoms with E-state index in [0.29, 0.717) is 39.1 Å². The molecular formula is C12H20N2O4. The monoisotopic (exact) mass is 256 g/mol.